The number of amides is 1. The predicted octanol–water partition coefficient (Wildman–Crippen LogP) is 4.01. The van der Waals surface area contributed by atoms with Gasteiger partial charge < -0.3 is 15.0 Å². The lowest BCUT2D eigenvalue weighted by Gasteiger charge is -2.26. The average molecular weight is 427 g/mol. The molecule has 1 amide bonds. The van der Waals surface area contributed by atoms with E-state index < -0.39 is 0 Å². The van der Waals surface area contributed by atoms with Crippen molar-refractivity contribution in [2.45, 2.75) is 18.9 Å². The second-order valence-electron chi connectivity index (χ2n) is 6.43. The Balaban J connectivity index is 1.60. The molecule has 6 nitrogen and oxygen atoms in total. The normalized spacial score (nSPS) is 16.5. The summed E-state index contributed by atoms with van der Waals surface area (Å²) in [4.78, 5) is 23.8. The number of carbonyl (C=O) groups excluding carboxylic acids is 1. The quantitative estimate of drug-likeness (QED) is 0.682. The number of fused-ring (bicyclic) bond motifs is 1. The molecule has 1 saturated heterocycles. The van der Waals surface area contributed by atoms with Crippen LogP contribution >= 0.6 is 15.9 Å². The lowest BCUT2D eigenvalue weighted by atomic mass is 10.1. The third-order valence-electron chi connectivity index (χ3n) is 4.76. The van der Waals surface area contributed by atoms with E-state index >= 15 is 0 Å². The van der Waals surface area contributed by atoms with E-state index in [0.717, 1.165) is 52.0 Å². The Morgan fingerprint density at radius 2 is 2.04 bits per heavy atom. The van der Waals surface area contributed by atoms with Crippen LogP contribution in [0.5, 0.6) is 5.75 Å². The first-order valence-corrected chi connectivity index (χ1v) is 9.57. The highest BCUT2D eigenvalue weighted by Gasteiger charge is 2.32. The number of methoxy groups -OCH3 is 1. The minimum absolute atomic E-state index is 0.0283. The minimum atomic E-state index is -0.260. The Morgan fingerprint density at radius 3 is 2.81 bits per heavy atom. The van der Waals surface area contributed by atoms with E-state index in [4.69, 9.17) is 4.74 Å². The number of halogens is 1. The number of anilines is 2. The first-order chi connectivity index (χ1) is 13.2. The maximum atomic E-state index is 12.9. The first-order valence-electron chi connectivity index (χ1n) is 8.77. The molecule has 4 rings (SSSR count). The van der Waals surface area contributed by atoms with E-state index in [1.165, 1.54) is 0 Å². The monoisotopic (exact) mass is 426 g/mol. The maximum absolute atomic E-state index is 12.9. The van der Waals surface area contributed by atoms with E-state index in [9.17, 15) is 4.79 Å². The fourth-order valence-corrected chi connectivity index (χ4v) is 3.80. The number of hydrogen-bond donors (Lipinski definition) is 1. The largest absolute Gasteiger partial charge is 0.497 e. The zero-order valence-corrected chi connectivity index (χ0v) is 16.4. The summed E-state index contributed by atoms with van der Waals surface area (Å²) in [5.41, 5.74) is 1.62. The summed E-state index contributed by atoms with van der Waals surface area (Å²) in [5.74, 6) is 1.53. The van der Waals surface area contributed by atoms with Crippen LogP contribution < -0.4 is 15.0 Å². The smallest absolute Gasteiger partial charge is 0.247 e. The molecule has 1 fully saturated rings. The summed E-state index contributed by atoms with van der Waals surface area (Å²) >= 11 is 3.51. The standard InChI is InChI=1S/C20H19BrN4O2/c1-27-15-7-5-14(6-8-15)24-20(26)18-3-2-10-25(18)19-16-11-13(21)4-9-17(16)22-12-23-19/h4-9,11-12,18H,2-3,10H2,1H3,(H,24,26). The number of carbonyl (C=O) groups is 1. The molecule has 138 valence electrons. The van der Waals surface area contributed by atoms with Crippen molar-refractivity contribution in [1.82, 2.24) is 9.97 Å². The Labute approximate surface area is 165 Å². The second-order valence-corrected chi connectivity index (χ2v) is 7.34. The molecule has 2 heterocycles. The molecule has 1 aliphatic heterocycles. The number of hydrogen-bond acceptors (Lipinski definition) is 5. The minimum Gasteiger partial charge on any atom is -0.497 e. The second kappa shape index (κ2) is 7.52. The van der Waals surface area contributed by atoms with Crippen molar-refractivity contribution in [3.8, 4) is 5.75 Å². The number of nitrogens with zero attached hydrogens (tertiary/aromatic N) is 3. The van der Waals surface area contributed by atoms with Crippen LogP contribution in [0.25, 0.3) is 10.9 Å². The maximum Gasteiger partial charge on any atom is 0.247 e. The van der Waals surface area contributed by atoms with Crippen LogP contribution in [0.2, 0.25) is 0 Å². The summed E-state index contributed by atoms with van der Waals surface area (Å²) in [7, 11) is 1.62. The SMILES string of the molecule is COc1ccc(NC(=O)C2CCCN2c2ncnc3ccc(Br)cc23)cc1. The highest BCUT2D eigenvalue weighted by atomic mass is 79.9. The van der Waals surface area contributed by atoms with Crippen molar-refractivity contribution in [2.24, 2.45) is 0 Å². The molecule has 7 heteroatoms. The summed E-state index contributed by atoms with van der Waals surface area (Å²) in [5, 5.41) is 3.95. The van der Waals surface area contributed by atoms with Gasteiger partial charge in [-0.05, 0) is 55.3 Å². The molecule has 0 saturated carbocycles. The third-order valence-corrected chi connectivity index (χ3v) is 5.25. The van der Waals surface area contributed by atoms with Gasteiger partial charge >= 0.3 is 0 Å². The molecular formula is C20H19BrN4O2. The zero-order valence-electron chi connectivity index (χ0n) is 14.9. The lowest BCUT2D eigenvalue weighted by Crippen LogP contribution is -2.40. The average Bonchev–Trinajstić information content (AvgIpc) is 3.18. The molecule has 1 aliphatic rings. The molecule has 3 aromatic rings. The summed E-state index contributed by atoms with van der Waals surface area (Å²) in [6.07, 6.45) is 3.30. The molecule has 1 N–H and O–H groups in total. The topological polar surface area (TPSA) is 67.3 Å². The van der Waals surface area contributed by atoms with Gasteiger partial charge in [0.15, 0.2) is 0 Å². The number of nitrogens with one attached hydrogen (secondary N) is 1. The van der Waals surface area contributed by atoms with Gasteiger partial charge in [-0.15, -0.1) is 0 Å². The Morgan fingerprint density at radius 1 is 1.22 bits per heavy atom. The van der Waals surface area contributed by atoms with Gasteiger partial charge in [0.2, 0.25) is 5.91 Å². The van der Waals surface area contributed by atoms with Crippen LogP contribution in [-0.4, -0.2) is 35.6 Å². The van der Waals surface area contributed by atoms with Crippen molar-refractivity contribution in [3.63, 3.8) is 0 Å². The Kier molecular flexibility index (Phi) is 4.94. The van der Waals surface area contributed by atoms with Gasteiger partial charge in [-0.3, -0.25) is 4.79 Å². The molecule has 0 bridgehead atoms. The Hall–Kier alpha value is -2.67. The molecule has 2 aromatic carbocycles. The fraction of sp³-hybridized carbons (Fsp3) is 0.250. The summed E-state index contributed by atoms with van der Waals surface area (Å²) in [6.45, 7) is 0.791. The molecule has 1 unspecified atom stereocenters. The Bertz CT molecular complexity index is 977. The van der Waals surface area contributed by atoms with Gasteiger partial charge in [0, 0.05) is 22.1 Å². The molecule has 27 heavy (non-hydrogen) atoms. The van der Waals surface area contributed by atoms with E-state index in [1.54, 1.807) is 13.4 Å². The number of benzene rings is 2. The highest BCUT2D eigenvalue weighted by Crippen LogP contribution is 2.31. The van der Waals surface area contributed by atoms with Crippen LogP contribution in [0.15, 0.2) is 53.3 Å². The first kappa shape index (κ1) is 17.7. The van der Waals surface area contributed by atoms with Gasteiger partial charge in [0.25, 0.3) is 0 Å². The third kappa shape index (κ3) is 3.60. The van der Waals surface area contributed by atoms with Crippen LogP contribution in [-0.2, 0) is 4.79 Å². The van der Waals surface area contributed by atoms with Crippen LogP contribution in [0.1, 0.15) is 12.8 Å². The van der Waals surface area contributed by atoms with Crippen LogP contribution in [0.3, 0.4) is 0 Å². The predicted molar refractivity (Wildman–Crippen MR) is 109 cm³/mol. The van der Waals surface area contributed by atoms with Gasteiger partial charge in [-0.2, -0.15) is 0 Å². The molecule has 0 aliphatic carbocycles. The van der Waals surface area contributed by atoms with E-state index in [2.05, 4.69) is 36.1 Å². The van der Waals surface area contributed by atoms with Crippen molar-refractivity contribution >= 4 is 44.2 Å². The summed E-state index contributed by atoms with van der Waals surface area (Å²) < 4.78 is 6.12. The fourth-order valence-electron chi connectivity index (χ4n) is 3.44. The summed E-state index contributed by atoms with van der Waals surface area (Å²) in [6, 6.07) is 13.0. The molecule has 1 aromatic heterocycles. The van der Waals surface area contributed by atoms with Crippen LogP contribution in [0.4, 0.5) is 11.5 Å². The van der Waals surface area contributed by atoms with Crippen LogP contribution in [0, 0.1) is 0 Å². The number of ether oxygens (including phenoxy) is 1. The molecule has 0 spiro atoms. The van der Waals surface area contributed by atoms with Gasteiger partial charge in [0.05, 0.1) is 12.6 Å². The van der Waals surface area contributed by atoms with Gasteiger partial charge in [-0.25, -0.2) is 9.97 Å². The van der Waals surface area contributed by atoms with Gasteiger partial charge in [-0.1, -0.05) is 15.9 Å². The van der Waals surface area contributed by atoms with Crippen molar-refractivity contribution in [2.75, 3.05) is 23.9 Å². The molecule has 0 radical (unpaired) electrons. The zero-order chi connectivity index (χ0) is 18.8. The molecular weight excluding hydrogens is 408 g/mol. The number of aromatic nitrogens is 2. The van der Waals surface area contributed by atoms with Crippen molar-refractivity contribution < 1.29 is 9.53 Å². The number of rotatable bonds is 4. The highest BCUT2D eigenvalue weighted by molar-refractivity contribution is 9.10. The van der Waals surface area contributed by atoms with E-state index in [-0.39, 0.29) is 11.9 Å². The van der Waals surface area contributed by atoms with Gasteiger partial charge in [0.1, 0.15) is 23.9 Å². The lowest BCUT2D eigenvalue weighted by molar-refractivity contribution is -0.117. The van der Waals surface area contributed by atoms with Crippen molar-refractivity contribution in [1.29, 1.82) is 0 Å². The molecule has 1 atom stereocenters. The van der Waals surface area contributed by atoms with E-state index in [1.807, 2.05) is 42.5 Å². The van der Waals surface area contributed by atoms with Crippen molar-refractivity contribution in [3.05, 3.63) is 53.3 Å². The van der Waals surface area contributed by atoms with E-state index in [0.29, 0.717) is 0 Å².